The van der Waals surface area contributed by atoms with Crippen LogP contribution in [0.1, 0.15) is 0 Å². The molecule has 1 aromatic rings. The SMILES string of the molecule is C=CC[As](Cl)c1ccccc1. The molecule has 1 atom stereocenters. The number of halogens is 1. The molecule has 0 spiro atoms. The maximum atomic E-state index is 6.18. The van der Waals surface area contributed by atoms with E-state index in [1.165, 1.54) is 4.35 Å². The first-order valence-electron chi connectivity index (χ1n) is 3.44. The van der Waals surface area contributed by atoms with Crippen molar-refractivity contribution in [3.8, 4) is 0 Å². The number of allylic oxidation sites excluding steroid dienone is 1. The molecule has 58 valence electrons. The van der Waals surface area contributed by atoms with E-state index < -0.39 is 13.7 Å². The Balaban J connectivity index is 2.68. The summed E-state index contributed by atoms with van der Waals surface area (Å²) in [6.07, 6.45) is 1.90. The van der Waals surface area contributed by atoms with Gasteiger partial charge < -0.3 is 0 Å². The predicted molar refractivity (Wildman–Crippen MR) is 52.7 cm³/mol. The second-order valence-electron chi connectivity index (χ2n) is 2.17. The summed E-state index contributed by atoms with van der Waals surface area (Å²) >= 11 is -1.27. The van der Waals surface area contributed by atoms with Crippen molar-refractivity contribution in [1.82, 2.24) is 0 Å². The Hall–Kier alpha value is -0.192. The third-order valence-electron chi connectivity index (χ3n) is 1.33. The summed E-state index contributed by atoms with van der Waals surface area (Å²) < 4.78 is 1.31. The zero-order valence-corrected chi connectivity index (χ0v) is 8.84. The van der Waals surface area contributed by atoms with Gasteiger partial charge in [0.2, 0.25) is 0 Å². The van der Waals surface area contributed by atoms with E-state index in [1.54, 1.807) is 0 Å². The van der Waals surface area contributed by atoms with Gasteiger partial charge in [-0.15, -0.1) is 0 Å². The summed E-state index contributed by atoms with van der Waals surface area (Å²) in [5, 5.41) is 0.971. The molecule has 0 fully saturated rings. The van der Waals surface area contributed by atoms with Crippen LogP contribution in [0.25, 0.3) is 0 Å². The van der Waals surface area contributed by atoms with Gasteiger partial charge in [-0.2, -0.15) is 0 Å². The summed E-state index contributed by atoms with van der Waals surface area (Å²) in [6, 6.07) is 10.3. The van der Waals surface area contributed by atoms with E-state index in [2.05, 4.69) is 18.7 Å². The standard InChI is InChI=1S/C9H10AsCl/c1-2-8-10(11)9-6-4-3-5-7-9/h2-7H,1,8H2. The summed E-state index contributed by atoms with van der Waals surface area (Å²) in [4.78, 5) is 0. The zero-order valence-electron chi connectivity index (χ0n) is 6.20. The molecule has 11 heavy (non-hydrogen) atoms. The molecule has 1 rings (SSSR count). The molecule has 0 radical (unpaired) electrons. The van der Waals surface area contributed by atoms with E-state index in [-0.39, 0.29) is 0 Å². The third kappa shape index (κ3) is 2.73. The van der Waals surface area contributed by atoms with Crippen LogP contribution in [0.4, 0.5) is 0 Å². The van der Waals surface area contributed by atoms with Crippen molar-refractivity contribution in [3.05, 3.63) is 43.0 Å². The second kappa shape index (κ2) is 4.64. The van der Waals surface area contributed by atoms with Gasteiger partial charge in [-0.05, 0) is 0 Å². The average Bonchev–Trinajstić information content (AvgIpc) is 2.07. The fourth-order valence-electron chi connectivity index (χ4n) is 0.809. The molecule has 0 nitrogen and oxygen atoms in total. The van der Waals surface area contributed by atoms with E-state index in [0.717, 1.165) is 5.21 Å². The van der Waals surface area contributed by atoms with Crippen molar-refractivity contribution in [2.24, 2.45) is 0 Å². The van der Waals surface area contributed by atoms with E-state index in [0.29, 0.717) is 0 Å². The van der Waals surface area contributed by atoms with Crippen LogP contribution in [0, 0.1) is 0 Å². The van der Waals surface area contributed by atoms with Crippen LogP contribution in [-0.4, -0.2) is 13.7 Å². The predicted octanol–water partition coefficient (Wildman–Crippen LogP) is 2.31. The van der Waals surface area contributed by atoms with Crippen molar-refractivity contribution in [3.63, 3.8) is 0 Å². The molecule has 0 amide bonds. The monoisotopic (exact) mass is 228 g/mol. The Labute approximate surface area is 76.3 Å². The van der Waals surface area contributed by atoms with Gasteiger partial charge in [0.1, 0.15) is 0 Å². The van der Waals surface area contributed by atoms with E-state index in [9.17, 15) is 0 Å². The summed E-state index contributed by atoms with van der Waals surface area (Å²) in [5.74, 6) is 0. The van der Waals surface area contributed by atoms with Gasteiger partial charge in [-0.3, -0.25) is 0 Å². The summed E-state index contributed by atoms with van der Waals surface area (Å²) in [6.45, 7) is 3.68. The van der Waals surface area contributed by atoms with Crippen LogP contribution in [0.3, 0.4) is 0 Å². The Morgan fingerprint density at radius 2 is 2.00 bits per heavy atom. The Bertz CT molecular complexity index is 220. The van der Waals surface area contributed by atoms with E-state index >= 15 is 0 Å². The fourth-order valence-corrected chi connectivity index (χ4v) is 3.86. The first kappa shape index (κ1) is 8.90. The van der Waals surface area contributed by atoms with Crippen molar-refractivity contribution < 1.29 is 0 Å². The molecule has 0 aliphatic carbocycles. The number of hydrogen-bond acceptors (Lipinski definition) is 0. The molecule has 2 heteroatoms. The van der Waals surface area contributed by atoms with E-state index in [1.807, 2.05) is 24.3 Å². The molecule has 0 saturated heterocycles. The third-order valence-corrected chi connectivity index (χ3v) is 6.07. The quantitative estimate of drug-likeness (QED) is 0.550. The number of benzene rings is 1. The number of hydrogen-bond donors (Lipinski definition) is 0. The van der Waals surface area contributed by atoms with Crippen molar-refractivity contribution >= 4 is 28.0 Å². The van der Waals surface area contributed by atoms with Crippen molar-refractivity contribution in [1.29, 1.82) is 0 Å². The molecular weight excluding hydrogens is 218 g/mol. The molecular formula is C9H10AsCl. The molecule has 0 heterocycles. The van der Waals surface area contributed by atoms with Crippen LogP contribution in [0.15, 0.2) is 43.0 Å². The normalized spacial score (nSPS) is 12.5. The van der Waals surface area contributed by atoms with Gasteiger partial charge >= 0.3 is 76.2 Å². The Morgan fingerprint density at radius 3 is 2.55 bits per heavy atom. The van der Waals surface area contributed by atoms with Crippen LogP contribution in [0.2, 0.25) is 5.21 Å². The van der Waals surface area contributed by atoms with Crippen molar-refractivity contribution in [2.75, 3.05) is 0 Å². The van der Waals surface area contributed by atoms with Gasteiger partial charge in [-0.1, -0.05) is 0 Å². The fraction of sp³-hybridized carbons (Fsp3) is 0.111. The van der Waals surface area contributed by atoms with Gasteiger partial charge in [0.15, 0.2) is 0 Å². The molecule has 0 aliphatic heterocycles. The molecule has 0 saturated carbocycles. The molecule has 0 aliphatic rings. The van der Waals surface area contributed by atoms with Crippen LogP contribution < -0.4 is 4.35 Å². The maximum absolute atomic E-state index is 6.18. The van der Waals surface area contributed by atoms with Crippen molar-refractivity contribution in [2.45, 2.75) is 5.21 Å². The van der Waals surface area contributed by atoms with Gasteiger partial charge in [0.05, 0.1) is 0 Å². The molecule has 1 aromatic carbocycles. The summed E-state index contributed by atoms with van der Waals surface area (Å²) in [5.41, 5.74) is 0. The Morgan fingerprint density at radius 1 is 1.36 bits per heavy atom. The molecule has 1 unspecified atom stereocenters. The van der Waals surface area contributed by atoms with Gasteiger partial charge in [0.25, 0.3) is 0 Å². The van der Waals surface area contributed by atoms with Crippen LogP contribution in [-0.2, 0) is 0 Å². The molecule has 0 bridgehead atoms. The summed E-state index contributed by atoms with van der Waals surface area (Å²) in [7, 11) is 6.18. The first-order valence-corrected chi connectivity index (χ1v) is 8.17. The minimum absolute atomic E-state index is 0.971. The average molecular weight is 229 g/mol. The van der Waals surface area contributed by atoms with Gasteiger partial charge in [0, 0.05) is 0 Å². The van der Waals surface area contributed by atoms with Gasteiger partial charge in [-0.25, -0.2) is 0 Å². The van der Waals surface area contributed by atoms with Crippen LogP contribution >= 0.6 is 9.95 Å². The zero-order chi connectivity index (χ0) is 8.10. The topological polar surface area (TPSA) is 0 Å². The first-order chi connectivity index (χ1) is 5.34. The molecule has 0 aromatic heterocycles. The Kier molecular flexibility index (Phi) is 3.75. The van der Waals surface area contributed by atoms with Crippen LogP contribution in [0.5, 0.6) is 0 Å². The number of rotatable bonds is 3. The second-order valence-corrected chi connectivity index (χ2v) is 7.66. The van der Waals surface area contributed by atoms with E-state index in [4.69, 9.17) is 9.95 Å². The molecule has 0 N–H and O–H groups in total. The minimum atomic E-state index is -1.27.